The van der Waals surface area contributed by atoms with E-state index < -0.39 is 5.82 Å². The summed E-state index contributed by atoms with van der Waals surface area (Å²) < 4.78 is 18.4. The van der Waals surface area contributed by atoms with E-state index in [-0.39, 0.29) is 17.7 Å². The van der Waals surface area contributed by atoms with Crippen molar-refractivity contribution < 1.29 is 13.9 Å². The van der Waals surface area contributed by atoms with Gasteiger partial charge in [0.2, 0.25) is 5.91 Å². The molecule has 1 atom stereocenters. The molecule has 0 aliphatic heterocycles. The molecule has 1 unspecified atom stereocenters. The largest absolute Gasteiger partial charge is 0.494 e. The van der Waals surface area contributed by atoms with Crippen molar-refractivity contribution in [3.63, 3.8) is 0 Å². The van der Waals surface area contributed by atoms with Crippen LogP contribution in [-0.2, 0) is 11.2 Å². The lowest BCUT2D eigenvalue weighted by molar-refractivity contribution is -0.121. The SMILES string of the molecule is CCCCC(CN)NC(=O)CCc1ccc(OC)c(F)c1. The van der Waals surface area contributed by atoms with Gasteiger partial charge in [-0.3, -0.25) is 4.79 Å². The summed E-state index contributed by atoms with van der Waals surface area (Å²) in [6.07, 6.45) is 3.85. The Kier molecular flexibility index (Phi) is 7.75. The third-order valence-electron chi connectivity index (χ3n) is 3.41. The van der Waals surface area contributed by atoms with Crippen molar-refractivity contribution in [3.05, 3.63) is 29.6 Å². The lowest BCUT2D eigenvalue weighted by Crippen LogP contribution is -2.40. The van der Waals surface area contributed by atoms with Crippen LogP contribution in [0.2, 0.25) is 0 Å². The number of methoxy groups -OCH3 is 1. The van der Waals surface area contributed by atoms with Crippen LogP contribution in [0.15, 0.2) is 18.2 Å². The molecule has 0 aromatic heterocycles. The molecule has 0 fully saturated rings. The minimum absolute atomic E-state index is 0.0325. The van der Waals surface area contributed by atoms with Gasteiger partial charge in [-0.1, -0.05) is 25.8 Å². The van der Waals surface area contributed by atoms with Crippen LogP contribution in [0.4, 0.5) is 4.39 Å². The summed E-state index contributed by atoms with van der Waals surface area (Å²) >= 11 is 0. The molecule has 0 radical (unpaired) electrons. The number of aryl methyl sites for hydroxylation is 1. The Morgan fingerprint density at radius 3 is 2.81 bits per heavy atom. The number of ether oxygens (including phenoxy) is 1. The molecule has 1 amide bonds. The first-order chi connectivity index (χ1) is 10.1. The van der Waals surface area contributed by atoms with E-state index in [1.54, 1.807) is 12.1 Å². The molecule has 21 heavy (non-hydrogen) atoms. The van der Waals surface area contributed by atoms with E-state index in [0.717, 1.165) is 24.8 Å². The van der Waals surface area contributed by atoms with Gasteiger partial charge < -0.3 is 15.8 Å². The van der Waals surface area contributed by atoms with Crippen molar-refractivity contribution in [2.24, 2.45) is 5.73 Å². The lowest BCUT2D eigenvalue weighted by Gasteiger charge is -2.16. The van der Waals surface area contributed by atoms with Gasteiger partial charge in [-0.2, -0.15) is 0 Å². The fourth-order valence-corrected chi connectivity index (χ4v) is 2.12. The molecule has 0 saturated heterocycles. The number of nitrogens with two attached hydrogens (primary N) is 1. The third-order valence-corrected chi connectivity index (χ3v) is 3.41. The smallest absolute Gasteiger partial charge is 0.220 e. The van der Waals surface area contributed by atoms with Crippen LogP contribution in [0.3, 0.4) is 0 Å². The summed E-state index contributed by atoms with van der Waals surface area (Å²) in [5.41, 5.74) is 6.42. The van der Waals surface area contributed by atoms with Gasteiger partial charge in [0.05, 0.1) is 7.11 Å². The Balaban J connectivity index is 2.43. The van der Waals surface area contributed by atoms with Gasteiger partial charge in [0.25, 0.3) is 0 Å². The number of rotatable bonds is 9. The maximum Gasteiger partial charge on any atom is 0.220 e. The van der Waals surface area contributed by atoms with Crippen molar-refractivity contribution in [1.82, 2.24) is 5.32 Å². The van der Waals surface area contributed by atoms with Gasteiger partial charge in [-0.05, 0) is 30.5 Å². The Morgan fingerprint density at radius 2 is 2.24 bits per heavy atom. The van der Waals surface area contributed by atoms with E-state index in [4.69, 9.17) is 10.5 Å². The van der Waals surface area contributed by atoms with Gasteiger partial charge in [-0.15, -0.1) is 0 Å². The van der Waals surface area contributed by atoms with Gasteiger partial charge in [-0.25, -0.2) is 4.39 Å². The van der Waals surface area contributed by atoms with Crippen LogP contribution in [0, 0.1) is 5.82 Å². The van der Waals surface area contributed by atoms with E-state index in [1.165, 1.54) is 13.2 Å². The van der Waals surface area contributed by atoms with Crippen LogP contribution in [-0.4, -0.2) is 25.6 Å². The first kappa shape index (κ1) is 17.4. The number of amides is 1. The molecular weight excluding hydrogens is 271 g/mol. The second-order valence-corrected chi connectivity index (χ2v) is 5.11. The Labute approximate surface area is 125 Å². The molecule has 0 saturated carbocycles. The Morgan fingerprint density at radius 1 is 1.48 bits per heavy atom. The summed E-state index contributed by atoms with van der Waals surface area (Å²) in [6, 6.07) is 4.79. The maximum atomic E-state index is 13.5. The van der Waals surface area contributed by atoms with Gasteiger partial charge in [0.15, 0.2) is 11.6 Å². The average Bonchev–Trinajstić information content (AvgIpc) is 2.49. The molecule has 0 aliphatic carbocycles. The minimum atomic E-state index is -0.404. The number of nitrogens with one attached hydrogen (secondary N) is 1. The first-order valence-corrected chi connectivity index (χ1v) is 7.42. The fourth-order valence-electron chi connectivity index (χ4n) is 2.12. The van der Waals surface area contributed by atoms with Crippen molar-refractivity contribution >= 4 is 5.91 Å². The number of benzene rings is 1. The molecule has 0 aliphatic rings. The molecule has 0 spiro atoms. The molecule has 1 aromatic carbocycles. The van der Waals surface area contributed by atoms with E-state index in [0.29, 0.717) is 19.4 Å². The summed E-state index contributed by atoms with van der Waals surface area (Å²) in [5, 5.41) is 2.93. The lowest BCUT2D eigenvalue weighted by atomic mass is 10.1. The third kappa shape index (κ3) is 6.12. The van der Waals surface area contributed by atoms with Crippen LogP contribution in [0.1, 0.15) is 38.2 Å². The highest BCUT2D eigenvalue weighted by molar-refractivity contribution is 5.76. The molecular formula is C16H25FN2O2. The molecule has 1 aromatic rings. The highest BCUT2D eigenvalue weighted by Gasteiger charge is 2.11. The highest BCUT2D eigenvalue weighted by Crippen LogP contribution is 2.18. The zero-order chi connectivity index (χ0) is 15.7. The number of halogens is 1. The summed E-state index contributed by atoms with van der Waals surface area (Å²) in [5.74, 6) is -0.234. The molecule has 118 valence electrons. The van der Waals surface area contributed by atoms with Gasteiger partial charge in [0, 0.05) is 19.0 Å². The minimum Gasteiger partial charge on any atom is -0.494 e. The molecule has 5 heteroatoms. The number of hydrogen-bond donors (Lipinski definition) is 2. The monoisotopic (exact) mass is 296 g/mol. The fraction of sp³-hybridized carbons (Fsp3) is 0.562. The van der Waals surface area contributed by atoms with E-state index in [1.807, 2.05) is 0 Å². The van der Waals surface area contributed by atoms with Crippen molar-refractivity contribution in [1.29, 1.82) is 0 Å². The van der Waals surface area contributed by atoms with E-state index in [2.05, 4.69) is 12.2 Å². The number of unbranched alkanes of at least 4 members (excludes halogenated alkanes) is 1. The predicted molar refractivity (Wildman–Crippen MR) is 81.8 cm³/mol. The van der Waals surface area contributed by atoms with Crippen LogP contribution in [0.5, 0.6) is 5.75 Å². The molecule has 1 rings (SSSR count). The van der Waals surface area contributed by atoms with Crippen molar-refractivity contribution in [2.45, 2.75) is 45.1 Å². The predicted octanol–water partition coefficient (Wildman–Crippen LogP) is 2.40. The molecule has 0 heterocycles. The topological polar surface area (TPSA) is 64.3 Å². The summed E-state index contributed by atoms with van der Waals surface area (Å²) in [4.78, 5) is 11.9. The van der Waals surface area contributed by atoms with Crippen molar-refractivity contribution in [3.8, 4) is 5.75 Å². The number of carbonyl (C=O) groups is 1. The summed E-state index contributed by atoms with van der Waals surface area (Å²) in [7, 11) is 1.43. The Bertz CT molecular complexity index is 452. The van der Waals surface area contributed by atoms with Crippen LogP contribution in [0.25, 0.3) is 0 Å². The quantitative estimate of drug-likeness (QED) is 0.735. The number of carbonyl (C=O) groups excluding carboxylic acids is 1. The van der Waals surface area contributed by atoms with Gasteiger partial charge in [0.1, 0.15) is 0 Å². The van der Waals surface area contributed by atoms with Gasteiger partial charge >= 0.3 is 0 Å². The Hall–Kier alpha value is -1.62. The highest BCUT2D eigenvalue weighted by atomic mass is 19.1. The zero-order valence-electron chi connectivity index (χ0n) is 12.8. The van der Waals surface area contributed by atoms with E-state index >= 15 is 0 Å². The second kappa shape index (κ2) is 9.34. The standard InChI is InChI=1S/C16H25FN2O2/c1-3-4-5-13(11-18)19-16(20)9-7-12-6-8-15(21-2)14(17)10-12/h6,8,10,13H,3-5,7,9,11,18H2,1-2H3,(H,19,20). The van der Waals surface area contributed by atoms with Crippen LogP contribution < -0.4 is 15.8 Å². The molecule has 3 N–H and O–H groups in total. The first-order valence-electron chi connectivity index (χ1n) is 7.42. The zero-order valence-corrected chi connectivity index (χ0v) is 12.8. The maximum absolute atomic E-state index is 13.5. The summed E-state index contributed by atoms with van der Waals surface area (Å²) in [6.45, 7) is 2.55. The number of hydrogen-bond acceptors (Lipinski definition) is 3. The molecule has 4 nitrogen and oxygen atoms in total. The normalized spacial score (nSPS) is 12.0. The molecule has 0 bridgehead atoms. The average molecular weight is 296 g/mol. The van der Waals surface area contributed by atoms with Crippen molar-refractivity contribution in [2.75, 3.05) is 13.7 Å². The second-order valence-electron chi connectivity index (χ2n) is 5.11. The van der Waals surface area contributed by atoms with E-state index in [9.17, 15) is 9.18 Å². The van der Waals surface area contributed by atoms with Crippen LogP contribution >= 0.6 is 0 Å².